The third-order valence-corrected chi connectivity index (χ3v) is 5.03. The largest absolute Gasteiger partial charge is 0.481 e. The number of carbonyl (C=O) groups excluding carboxylic acids is 3. The zero-order chi connectivity index (χ0) is 24.6. The van der Waals surface area contributed by atoms with Crippen LogP contribution >= 0.6 is 0 Å². The second-order valence-corrected chi connectivity index (χ2v) is 7.45. The maximum absolute atomic E-state index is 12.7. The molecule has 8 nitrogen and oxygen atoms in total. The van der Waals surface area contributed by atoms with Crippen LogP contribution < -0.4 is 10.1 Å². The van der Waals surface area contributed by atoms with Crippen LogP contribution in [0.2, 0.25) is 0 Å². The van der Waals surface area contributed by atoms with Gasteiger partial charge in [-0.15, -0.1) is 0 Å². The number of benzene rings is 3. The molecule has 4 rings (SSSR count). The molecule has 0 aliphatic carbocycles. The molecule has 0 spiro atoms. The third kappa shape index (κ3) is 5.80. The first kappa shape index (κ1) is 23.4. The number of nitrogens with zero attached hydrogens (tertiary/aromatic N) is 2. The highest BCUT2D eigenvalue weighted by Crippen LogP contribution is 2.21. The molecule has 1 heterocycles. The van der Waals surface area contributed by atoms with Crippen molar-refractivity contribution >= 4 is 23.3 Å². The number of rotatable bonds is 9. The van der Waals surface area contributed by atoms with Crippen LogP contribution in [-0.4, -0.2) is 40.7 Å². The zero-order valence-electron chi connectivity index (χ0n) is 19.0. The summed E-state index contributed by atoms with van der Waals surface area (Å²) in [7, 11) is 0. The van der Waals surface area contributed by atoms with E-state index in [0.29, 0.717) is 16.8 Å². The van der Waals surface area contributed by atoms with Gasteiger partial charge in [0.2, 0.25) is 5.69 Å². The van der Waals surface area contributed by atoms with Crippen LogP contribution in [0.15, 0.2) is 91.1 Å². The Labute approximate surface area is 202 Å². The average molecular weight is 469 g/mol. The second kappa shape index (κ2) is 10.9. The number of esters is 1. The number of nitrogens with one attached hydrogen (secondary N) is 1. The lowest BCUT2D eigenvalue weighted by molar-refractivity contribution is 0.0512. The summed E-state index contributed by atoms with van der Waals surface area (Å²) in [6.45, 7) is 1.58. The van der Waals surface area contributed by atoms with Crippen molar-refractivity contribution in [1.29, 1.82) is 0 Å². The fourth-order valence-corrected chi connectivity index (χ4v) is 3.28. The number of para-hydroxylation sites is 1. The lowest BCUT2D eigenvalue weighted by atomic mass is 10.1. The van der Waals surface area contributed by atoms with Crippen LogP contribution in [0.1, 0.15) is 38.1 Å². The molecule has 0 radical (unpaired) electrons. The van der Waals surface area contributed by atoms with Gasteiger partial charge in [-0.2, -0.15) is 5.10 Å². The fourth-order valence-electron chi connectivity index (χ4n) is 3.28. The smallest absolute Gasteiger partial charge is 0.362 e. The highest BCUT2D eigenvalue weighted by Gasteiger charge is 2.21. The summed E-state index contributed by atoms with van der Waals surface area (Å²) in [5.41, 5.74) is 2.21. The van der Waals surface area contributed by atoms with Gasteiger partial charge in [0.1, 0.15) is 0 Å². The van der Waals surface area contributed by atoms with E-state index in [-0.39, 0.29) is 36.3 Å². The van der Waals surface area contributed by atoms with Crippen molar-refractivity contribution in [2.75, 3.05) is 18.5 Å². The summed E-state index contributed by atoms with van der Waals surface area (Å²) in [4.78, 5) is 37.3. The molecule has 0 saturated heterocycles. The van der Waals surface area contributed by atoms with E-state index in [1.165, 1.54) is 10.9 Å². The number of anilines is 1. The molecule has 3 aromatic carbocycles. The molecular formula is C27H23N3O5. The topological polar surface area (TPSA) is 99.5 Å². The van der Waals surface area contributed by atoms with Crippen LogP contribution in [0.4, 0.5) is 5.69 Å². The highest BCUT2D eigenvalue weighted by molar-refractivity contribution is 6.04. The predicted octanol–water partition coefficient (Wildman–Crippen LogP) is 4.56. The molecule has 1 N–H and O–H groups in total. The predicted molar refractivity (Wildman–Crippen MR) is 130 cm³/mol. The van der Waals surface area contributed by atoms with Crippen molar-refractivity contribution in [3.63, 3.8) is 0 Å². The van der Waals surface area contributed by atoms with E-state index in [0.717, 1.165) is 5.69 Å². The Bertz CT molecular complexity index is 1320. The SMILES string of the molecule is CCOC(=O)c1nn(-c2ccccc2)cc1OCC(=O)c1ccc(NC(=O)c2ccccc2)cc1. The summed E-state index contributed by atoms with van der Waals surface area (Å²) in [5.74, 6) is -1.03. The molecule has 0 fully saturated rings. The summed E-state index contributed by atoms with van der Waals surface area (Å²) >= 11 is 0. The molecule has 8 heteroatoms. The van der Waals surface area contributed by atoms with Crippen molar-refractivity contribution in [3.8, 4) is 11.4 Å². The fraction of sp³-hybridized carbons (Fsp3) is 0.111. The quantitative estimate of drug-likeness (QED) is 0.285. The number of carbonyl (C=O) groups is 3. The Balaban J connectivity index is 1.43. The number of hydrogen-bond donors (Lipinski definition) is 1. The number of ketones is 1. The molecule has 0 aliphatic rings. The number of aromatic nitrogens is 2. The Morgan fingerprint density at radius 2 is 1.51 bits per heavy atom. The van der Waals surface area contributed by atoms with Crippen molar-refractivity contribution in [2.24, 2.45) is 0 Å². The maximum Gasteiger partial charge on any atom is 0.362 e. The van der Waals surface area contributed by atoms with E-state index in [4.69, 9.17) is 9.47 Å². The standard InChI is InChI=1S/C27H23N3O5/c1-2-34-27(33)25-24(17-30(29-25)22-11-7-4-8-12-22)35-18-23(31)19-13-15-21(16-14-19)28-26(32)20-9-5-3-6-10-20/h3-17H,2,18H2,1H3,(H,28,32). The van der Waals surface area contributed by atoms with E-state index in [2.05, 4.69) is 10.4 Å². The molecule has 0 aliphatic heterocycles. The van der Waals surface area contributed by atoms with E-state index in [1.54, 1.807) is 55.5 Å². The zero-order valence-corrected chi connectivity index (χ0v) is 19.0. The number of amides is 1. The van der Waals surface area contributed by atoms with Gasteiger partial charge in [0.05, 0.1) is 18.5 Å². The van der Waals surface area contributed by atoms with Gasteiger partial charge >= 0.3 is 5.97 Å². The molecule has 0 bridgehead atoms. The molecule has 35 heavy (non-hydrogen) atoms. The minimum Gasteiger partial charge on any atom is -0.481 e. The summed E-state index contributed by atoms with van der Waals surface area (Å²) < 4.78 is 12.2. The second-order valence-electron chi connectivity index (χ2n) is 7.45. The van der Waals surface area contributed by atoms with Crippen LogP contribution in [0.25, 0.3) is 5.69 Å². The Morgan fingerprint density at radius 1 is 0.857 bits per heavy atom. The van der Waals surface area contributed by atoms with Gasteiger partial charge in [-0.05, 0) is 55.5 Å². The van der Waals surface area contributed by atoms with E-state index in [1.807, 2.05) is 36.4 Å². The first-order valence-electron chi connectivity index (χ1n) is 11.0. The third-order valence-electron chi connectivity index (χ3n) is 5.03. The van der Waals surface area contributed by atoms with Gasteiger partial charge in [-0.1, -0.05) is 36.4 Å². The van der Waals surface area contributed by atoms with Gasteiger partial charge in [-0.25, -0.2) is 9.48 Å². The molecule has 0 saturated carbocycles. The number of Topliss-reactive ketones (excluding diaryl/α,β-unsaturated/α-hetero) is 1. The monoisotopic (exact) mass is 469 g/mol. The van der Waals surface area contributed by atoms with E-state index in [9.17, 15) is 14.4 Å². The van der Waals surface area contributed by atoms with Gasteiger partial charge in [0.15, 0.2) is 18.1 Å². The summed E-state index contributed by atoms with van der Waals surface area (Å²) in [5, 5.41) is 7.07. The van der Waals surface area contributed by atoms with Crippen molar-refractivity contribution in [1.82, 2.24) is 9.78 Å². The van der Waals surface area contributed by atoms with Gasteiger partial charge in [-0.3, -0.25) is 9.59 Å². The van der Waals surface area contributed by atoms with Crippen molar-refractivity contribution in [3.05, 3.63) is 108 Å². The molecule has 176 valence electrons. The summed E-state index contributed by atoms with van der Waals surface area (Å²) in [6, 6.07) is 24.5. The average Bonchev–Trinajstić information content (AvgIpc) is 3.33. The first-order chi connectivity index (χ1) is 17.0. The van der Waals surface area contributed by atoms with Crippen LogP contribution in [0.3, 0.4) is 0 Å². The maximum atomic E-state index is 12.7. The molecule has 0 unspecified atom stereocenters. The van der Waals surface area contributed by atoms with Crippen LogP contribution in [0.5, 0.6) is 5.75 Å². The minimum atomic E-state index is -0.636. The summed E-state index contributed by atoms with van der Waals surface area (Å²) in [6.07, 6.45) is 1.54. The van der Waals surface area contributed by atoms with Gasteiger partial charge in [0.25, 0.3) is 5.91 Å². The van der Waals surface area contributed by atoms with Crippen LogP contribution in [0, 0.1) is 0 Å². The van der Waals surface area contributed by atoms with Crippen LogP contribution in [-0.2, 0) is 4.74 Å². The minimum absolute atomic E-state index is 0.0116. The van der Waals surface area contributed by atoms with Gasteiger partial charge < -0.3 is 14.8 Å². The number of ether oxygens (including phenoxy) is 2. The van der Waals surface area contributed by atoms with E-state index >= 15 is 0 Å². The molecule has 4 aromatic rings. The Hall–Kier alpha value is -4.72. The molecule has 0 atom stereocenters. The normalized spacial score (nSPS) is 10.4. The number of hydrogen-bond acceptors (Lipinski definition) is 6. The van der Waals surface area contributed by atoms with Crippen molar-refractivity contribution in [2.45, 2.75) is 6.92 Å². The lowest BCUT2D eigenvalue weighted by Gasteiger charge is -2.07. The van der Waals surface area contributed by atoms with Gasteiger partial charge in [0, 0.05) is 16.8 Å². The van der Waals surface area contributed by atoms with E-state index < -0.39 is 5.97 Å². The highest BCUT2D eigenvalue weighted by atomic mass is 16.5. The Kier molecular flexibility index (Phi) is 7.32. The molecular weight excluding hydrogens is 446 g/mol. The first-order valence-corrected chi connectivity index (χ1v) is 11.0. The Morgan fingerprint density at radius 3 is 2.17 bits per heavy atom. The molecule has 1 amide bonds. The molecule has 1 aromatic heterocycles. The van der Waals surface area contributed by atoms with Crippen molar-refractivity contribution < 1.29 is 23.9 Å². The lowest BCUT2D eigenvalue weighted by Crippen LogP contribution is -2.14.